The van der Waals surface area contributed by atoms with Crippen molar-refractivity contribution in [2.75, 3.05) is 19.0 Å². The van der Waals surface area contributed by atoms with Gasteiger partial charge in [0, 0.05) is 29.9 Å². The first-order valence-corrected chi connectivity index (χ1v) is 10.7. The third-order valence-electron chi connectivity index (χ3n) is 5.56. The van der Waals surface area contributed by atoms with Gasteiger partial charge in [0.2, 0.25) is 0 Å². The highest BCUT2D eigenvalue weighted by molar-refractivity contribution is 6.04. The molecule has 4 rings (SSSR count). The number of amides is 2. The molecule has 0 fully saturated rings. The summed E-state index contributed by atoms with van der Waals surface area (Å²) in [6, 6.07) is 18.5. The summed E-state index contributed by atoms with van der Waals surface area (Å²) in [6.45, 7) is 2.62. The molecule has 0 saturated heterocycles. The van der Waals surface area contributed by atoms with Crippen LogP contribution in [0.25, 0.3) is 0 Å². The molecule has 3 aromatic carbocycles. The number of carbonyl (C=O) groups excluding carboxylic acids is 2. The van der Waals surface area contributed by atoms with Crippen molar-refractivity contribution in [3.63, 3.8) is 0 Å². The fourth-order valence-electron chi connectivity index (χ4n) is 3.76. The Labute approximate surface area is 191 Å². The molecule has 33 heavy (non-hydrogen) atoms. The van der Waals surface area contributed by atoms with Crippen molar-refractivity contribution in [3.8, 4) is 11.5 Å². The van der Waals surface area contributed by atoms with Crippen LogP contribution >= 0.6 is 0 Å². The van der Waals surface area contributed by atoms with Gasteiger partial charge in [0.25, 0.3) is 11.8 Å². The quantitative estimate of drug-likeness (QED) is 0.606. The van der Waals surface area contributed by atoms with Gasteiger partial charge in [-0.25, -0.2) is 4.39 Å². The summed E-state index contributed by atoms with van der Waals surface area (Å²) in [5, 5.41) is 2.79. The lowest BCUT2D eigenvalue weighted by Gasteiger charge is -2.22. The van der Waals surface area contributed by atoms with Gasteiger partial charge in [-0.05, 0) is 67.4 Å². The maximum atomic E-state index is 13.4. The van der Waals surface area contributed by atoms with Crippen LogP contribution in [0.5, 0.6) is 11.5 Å². The van der Waals surface area contributed by atoms with E-state index in [4.69, 9.17) is 9.47 Å². The van der Waals surface area contributed by atoms with Crippen LogP contribution < -0.4 is 14.8 Å². The molecule has 1 heterocycles. The molecular weight excluding hydrogens is 423 g/mol. The lowest BCUT2D eigenvalue weighted by molar-refractivity contribution is -0.137. The average Bonchev–Trinajstić information content (AvgIpc) is 2.94. The van der Waals surface area contributed by atoms with Gasteiger partial charge in [-0.1, -0.05) is 18.2 Å². The molecule has 3 aromatic rings. The SMILES string of the molecule is COc1ccc(CCN2Cc3cc(NC(=O)c4cccc(F)c4)ccc3OC(C)C2=O)cc1. The second-order valence-corrected chi connectivity index (χ2v) is 7.90. The Bertz CT molecular complexity index is 1160. The molecule has 2 amide bonds. The number of anilines is 1. The summed E-state index contributed by atoms with van der Waals surface area (Å²) >= 11 is 0. The van der Waals surface area contributed by atoms with Crippen molar-refractivity contribution < 1.29 is 23.5 Å². The van der Waals surface area contributed by atoms with E-state index in [-0.39, 0.29) is 11.5 Å². The van der Waals surface area contributed by atoms with Crippen molar-refractivity contribution in [2.24, 2.45) is 0 Å². The van der Waals surface area contributed by atoms with E-state index < -0.39 is 17.8 Å². The van der Waals surface area contributed by atoms with Gasteiger partial charge >= 0.3 is 0 Å². The van der Waals surface area contributed by atoms with Gasteiger partial charge < -0.3 is 19.7 Å². The van der Waals surface area contributed by atoms with Gasteiger partial charge in [-0.2, -0.15) is 0 Å². The first kappa shape index (κ1) is 22.3. The summed E-state index contributed by atoms with van der Waals surface area (Å²) in [5.41, 5.74) is 2.66. The third-order valence-corrected chi connectivity index (χ3v) is 5.56. The first-order chi connectivity index (χ1) is 15.9. The summed E-state index contributed by atoms with van der Waals surface area (Å²) < 4.78 is 24.5. The minimum Gasteiger partial charge on any atom is -0.497 e. The average molecular weight is 448 g/mol. The van der Waals surface area contributed by atoms with Crippen LogP contribution in [-0.2, 0) is 17.8 Å². The highest BCUT2D eigenvalue weighted by Gasteiger charge is 2.28. The van der Waals surface area contributed by atoms with Gasteiger partial charge in [0.15, 0.2) is 6.10 Å². The molecule has 1 aliphatic heterocycles. The van der Waals surface area contributed by atoms with Crippen molar-refractivity contribution in [2.45, 2.75) is 26.0 Å². The Morgan fingerprint density at radius 2 is 1.94 bits per heavy atom. The van der Waals surface area contributed by atoms with Gasteiger partial charge in [0.05, 0.1) is 7.11 Å². The minimum absolute atomic E-state index is 0.0925. The summed E-state index contributed by atoms with van der Waals surface area (Å²) in [7, 11) is 1.62. The van der Waals surface area contributed by atoms with Crippen LogP contribution in [0.15, 0.2) is 66.7 Å². The molecule has 0 aromatic heterocycles. The van der Waals surface area contributed by atoms with Gasteiger partial charge in [0.1, 0.15) is 17.3 Å². The topological polar surface area (TPSA) is 67.9 Å². The van der Waals surface area contributed by atoms with E-state index in [1.54, 1.807) is 43.2 Å². The molecular formula is C26H25FN2O4. The number of hydrogen-bond acceptors (Lipinski definition) is 4. The van der Waals surface area contributed by atoms with Crippen LogP contribution in [0, 0.1) is 5.82 Å². The second-order valence-electron chi connectivity index (χ2n) is 7.90. The molecule has 0 aliphatic carbocycles. The standard InChI is InChI=1S/C26H25FN2O4/c1-17-26(31)29(13-12-18-6-9-23(32-2)10-7-18)16-20-15-22(8-11-24(20)33-17)28-25(30)19-4-3-5-21(27)14-19/h3-11,14-15,17H,12-13,16H2,1-2H3,(H,28,30). The monoisotopic (exact) mass is 448 g/mol. The Morgan fingerprint density at radius 3 is 2.67 bits per heavy atom. The number of carbonyl (C=O) groups is 2. The number of halogens is 1. The lowest BCUT2D eigenvalue weighted by atomic mass is 10.1. The van der Waals surface area contributed by atoms with Crippen LogP contribution in [0.2, 0.25) is 0 Å². The van der Waals surface area contributed by atoms with E-state index in [0.29, 0.717) is 30.9 Å². The molecule has 1 unspecified atom stereocenters. The largest absolute Gasteiger partial charge is 0.497 e. The first-order valence-electron chi connectivity index (χ1n) is 10.7. The molecule has 0 spiro atoms. The van der Waals surface area contributed by atoms with E-state index in [2.05, 4.69) is 5.32 Å². The van der Waals surface area contributed by atoms with Crippen molar-refractivity contribution >= 4 is 17.5 Å². The number of rotatable bonds is 6. The summed E-state index contributed by atoms with van der Waals surface area (Å²) in [5.74, 6) is 0.410. The fourth-order valence-corrected chi connectivity index (χ4v) is 3.76. The summed E-state index contributed by atoms with van der Waals surface area (Å²) in [4.78, 5) is 27.1. The number of hydrogen-bond donors (Lipinski definition) is 1. The number of fused-ring (bicyclic) bond motifs is 1. The number of ether oxygens (including phenoxy) is 2. The number of nitrogens with one attached hydrogen (secondary N) is 1. The zero-order valence-corrected chi connectivity index (χ0v) is 18.5. The normalized spacial score (nSPS) is 15.3. The number of benzene rings is 3. The Balaban J connectivity index is 1.49. The third kappa shape index (κ3) is 5.31. The van der Waals surface area contributed by atoms with Crippen LogP contribution in [-0.4, -0.2) is 36.5 Å². The second kappa shape index (κ2) is 9.73. The van der Waals surface area contributed by atoms with Crippen LogP contribution in [0.1, 0.15) is 28.4 Å². The highest BCUT2D eigenvalue weighted by atomic mass is 19.1. The molecule has 0 saturated carbocycles. The Kier molecular flexibility index (Phi) is 6.58. The molecule has 0 radical (unpaired) electrons. The predicted octanol–water partition coefficient (Wildman–Crippen LogP) is 4.44. The van der Waals surface area contributed by atoms with Crippen molar-refractivity contribution in [1.82, 2.24) is 4.90 Å². The van der Waals surface area contributed by atoms with E-state index in [9.17, 15) is 14.0 Å². The Hall–Kier alpha value is -3.87. The van der Waals surface area contributed by atoms with Crippen molar-refractivity contribution in [3.05, 3.63) is 89.2 Å². The van der Waals surface area contributed by atoms with Crippen LogP contribution in [0.3, 0.4) is 0 Å². The minimum atomic E-state index is -0.616. The number of nitrogens with zero attached hydrogens (tertiary/aromatic N) is 1. The maximum absolute atomic E-state index is 13.4. The molecule has 7 heteroatoms. The maximum Gasteiger partial charge on any atom is 0.263 e. The van der Waals surface area contributed by atoms with Gasteiger partial charge in [-0.15, -0.1) is 0 Å². The van der Waals surface area contributed by atoms with Gasteiger partial charge in [-0.3, -0.25) is 9.59 Å². The number of methoxy groups -OCH3 is 1. The Morgan fingerprint density at radius 1 is 1.15 bits per heavy atom. The van der Waals surface area contributed by atoms with E-state index >= 15 is 0 Å². The van der Waals surface area contributed by atoms with E-state index in [0.717, 1.165) is 16.9 Å². The molecule has 1 aliphatic rings. The molecule has 1 N–H and O–H groups in total. The fraction of sp³-hybridized carbons (Fsp3) is 0.231. The highest BCUT2D eigenvalue weighted by Crippen LogP contribution is 2.29. The smallest absolute Gasteiger partial charge is 0.263 e. The molecule has 6 nitrogen and oxygen atoms in total. The zero-order valence-electron chi connectivity index (χ0n) is 18.5. The van der Waals surface area contributed by atoms with E-state index in [1.165, 1.54) is 18.2 Å². The van der Waals surface area contributed by atoms with Crippen molar-refractivity contribution in [1.29, 1.82) is 0 Å². The van der Waals surface area contributed by atoms with Crippen LogP contribution in [0.4, 0.5) is 10.1 Å². The molecule has 0 bridgehead atoms. The zero-order chi connectivity index (χ0) is 23.4. The molecule has 1 atom stereocenters. The molecule has 170 valence electrons. The van der Waals surface area contributed by atoms with E-state index in [1.807, 2.05) is 24.3 Å². The summed E-state index contributed by atoms with van der Waals surface area (Å²) in [6.07, 6.45) is 0.0724. The lowest BCUT2D eigenvalue weighted by Crippen LogP contribution is -2.39. The predicted molar refractivity (Wildman–Crippen MR) is 123 cm³/mol.